The van der Waals surface area contributed by atoms with Gasteiger partial charge in [-0.25, -0.2) is 9.37 Å². The molecule has 0 saturated heterocycles. The van der Waals surface area contributed by atoms with Gasteiger partial charge in [-0.15, -0.1) is 0 Å². The first-order valence-corrected chi connectivity index (χ1v) is 5.12. The van der Waals surface area contributed by atoms with Crippen molar-refractivity contribution in [1.29, 1.82) is 0 Å². The summed E-state index contributed by atoms with van der Waals surface area (Å²) in [5.41, 5.74) is -1.43. The number of benzene rings is 1. The molecule has 0 aliphatic heterocycles. The average molecular weight is 274 g/mol. The minimum absolute atomic E-state index is 0.0850. The molecule has 1 heterocycles. The summed E-state index contributed by atoms with van der Waals surface area (Å²) >= 11 is 0. The SMILES string of the molecule is Fc1cccc(Nc2cc(C(F)(F)F)ccc2F)n1. The topological polar surface area (TPSA) is 24.9 Å². The second-order valence-electron chi connectivity index (χ2n) is 3.66. The smallest absolute Gasteiger partial charge is 0.338 e. The predicted molar refractivity (Wildman–Crippen MR) is 58.9 cm³/mol. The van der Waals surface area contributed by atoms with Crippen molar-refractivity contribution in [1.82, 2.24) is 4.98 Å². The molecule has 1 N–H and O–H groups in total. The van der Waals surface area contributed by atoms with Gasteiger partial charge in [-0.2, -0.15) is 17.6 Å². The summed E-state index contributed by atoms with van der Waals surface area (Å²) in [6.07, 6.45) is -4.58. The van der Waals surface area contributed by atoms with Crippen LogP contribution in [0, 0.1) is 11.8 Å². The number of aromatic nitrogens is 1. The molecule has 0 aliphatic carbocycles. The molecule has 100 valence electrons. The molecule has 2 aromatic rings. The highest BCUT2D eigenvalue weighted by molar-refractivity contribution is 5.58. The number of nitrogens with one attached hydrogen (secondary N) is 1. The molecule has 0 spiro atoms. The van der Waals surface area contributed by atoms with E-state index in [1.54, 1.807) is 0 Å². The van der Waals surface area contributed by atoms with Crippen LogP contribution in [0.1, 0.15) is 5.56 Å². The summed E-state index contributed by atoms with van der Waals surface area (Å²) in [5.74, 6) is -1.80. The summed E-state index contributed by atoms with van der Waals surface area (Å²) in [4.78, 5) is 3.38. The van der Waals surface area contributed by atoms with Crippen molar-refractivity contribution in [2.45, 2.75) is 6.18 Å². The molecule has 0 atom stereocenters. The maximum absolute atomic E-state index is 13.4. The zero-order chi connectivity index (χ0) is 14.0. The summed E-state index contributed by atoms with van der Waals surface area (Å²) in [6, 6.07) is 5.58. The Labute approximate surface area is 104 Å². The molecule has 19 heavy (non-hydrogen) atoms. The van der Waals surface area contributed by atoms with E-state index in [2.05, 4.69) is 10.3 Å². The Balaban J connectivity index is 2.34. The van der Waals surface area contributed by atoms with E-state index in [9.17, 15) is 22.0 Å². The number of hydrogen-bond donors (Lipinski definition) is 1. The third-order valence-electron chi connectivity index (χ3n) is 2.27. The summed E-state index contributed by atoms with van der Waals surface area (Å²) in [5, 5.41) is 2.30. The van der Waals surface area contributed by atoms with Gasteiger partial charge in [-0.1, -0.05) is 6.07 Å². The van der Waals surface area contributed by atoms with Gasteiger partial charge in [0, 0.05) is 0 Å². The highest BCUT2D eigenvalue weighted by Crippen LogP contribution is 2.32. The van der Waals surface area contributed by atoms with Crippen molar-refractivity contribution < 1.29 is 22.0 Å². The van der Waals surface area contributed by atoms with Crippen LogP contribution in [0.15, 0.2) is 36.4 Å². The first-order chi connectivity index (χ1) is 8.86. The Hall–Kier alpha value is -2.18. The largest absolute Gasteiger partial charge is 0.416 e. The number of nitrogens with zero attached hydrogens (tertiary/aromatic N) is 1. The molecule has 0 fully saturated rings. The molecule has 7 heteroatoms. The molecule has 2 rings (SSSR count). The van der Waals surface area contributed by atoms with E-state index < -0.39 is 29.2 Å². The van der Waals surface area contributed by atoms with Crippen LogP contribution in [-0.4, -0.2) is 4.98 Å². The van der Waals surface area contributed by atoms with Gasteiger partial charge in [0.1, 0.15) is 11.6 Å². The minimum atomic E-state index is -4.58. The fourth-order valence-corrected chi connectivity index (χ4v) is 1.41. The minimum Gasteiger partial charge on any atom is -0.338 e. The number of halogens is 5. The van der Waals surface area contributed by atoms with Crippen molar-refractivity contribution in [3.8, 4) is 0 Å². The molecule has 0 aliphatic rings. The van der Waals surface area contributed by atoms with E-state index in [0.717, 1.165) is 6.07 Å². The molecule has 0 amide bonds. The number of rotatable bonds is 2. The molecule has 0 bridgehead atoms. The molecular formula is C12H7F5N2. The third-order valence-corrected chi connectivity index (χ3v) is 2.27. The van der Waals surface area contributed by atoms with Crippen LogP contribution in [0.3, 0.4) is 0 Å². The number of anilines is 2. The molecule has 0 radical (unpaired) electrons. The zero-order valence-corrected chi connectivity index (χ0v) is 9.30. The quantitative estimate of drug-likeness (QED) is 0.658. The highest BCUT2D eigenvalue weighted by atomic mass is 19.4. The fraction of sp³-hybridized carbons (Fsp3) is 0.0833. The monoisotopic (exact) mass is 274 g/mol. The van der Waals surface area contributed by atoms with Gasteiger partial charge in [0.05, 0.1) is 11.3 Å². The van der Waals surface area contributed by atoms with Crippen LogP contribution in [0.4, 0.5) is 33.5 Å². The Morgan fingerprint density at radius 1 is 1.00 bits per heavy atom. The van der Waals surface area contributed by atoms with E-state index in [-0.39, 0.29) is 5.82 Å². The average Bonchev–Trinajstić information content (AvgIpc) is 2.30. The van der Waals surface area contributed by atoms with E-state index in [1.165, 1.54) is 12.1 Å². The first-order valence-electron chi connectivity index (χ1n) is 5.12. The standard InChI is InChI=1S/C12H7F5N2/c13-8-5-4-7(12(15,16)17)6-9(8)18-11-3-1-2-10(14)19-11/h1-6H,(H,18,19). The van der Waals surface area contributed by atoms with Crippen LogP contribution in [-0.2, 0) is 6.18 Å². The molecule has 0 unspecified atom stereocenters. The highest BCUT2D eigenvalue weighted by Gasteiger charge is 2.31. The molecule has 1 aromatic heterocycles. The molecule has 1 aromatic carbocycles. The lowest BCUT2D eigenvalue weighted by Gasteiger charge is -2.11. The van der Waals surface area contributed by atoms with E-state index in [4.69, 9.17) is 0 Å². The van der Waals surface area contributed by atoms with Gasteiger partial charge >= 0.3 is 6.18 Å². The van der Waals surface area contributed by atoms with Gasteiger partial charge in [0.15, 0.2) is 0 Å². The van der Waals surface area contributed by atoms with E-state index in [0.29, 0.717) is 18.2 Å². The summed E-state index contributed by atoms with van der Waals surface area (Å²) in [7, 11) is 0. The Kier molecular flexibility index (Phi) is 3.37. The lowest BCUT2D eigenvalue weighted by atomic mass is 10.2. The van der Waals surface area contributed by atoms with Crippen LogP contribution in [0.2, 0.25) is 0 Å². The molecule has 2 nitrogen and oxygen atoms in total. The van der Waals surface area contributed by atoms with Gasteiger partial charge in [0.25, 0.3) is 0 Å². The van der Waals surface area contributed by atoms with Crippen LogP contribution >= 0.6 is 0 Å². The Morgan fingerprint density at radius 2 is 1.74 bits per heavy atom. The van der Waals surface area contributed by atoms with Gasteiger partial charge in [-0.3, -0.25) is 0 Å². The maximum Gasteiger partial charge on any atom is 0.416 e. The number of alkyl halides is 3. The van der Waals surface area contributed by atoms with Crippen LogP contribution < -0.4 is 5.32 Å². The van der Waals surface area contributed by atoms with Crippen molar-refractivity contribution in [2.75, 3.05) is 5.32 Å². The number of hydrogen-bond acceptors (Lipinski definition) is 2. The van der Waals surface area contributed by atoms with Crippen LogP contribution in [0.5, 0.6) is 0 Å². The van der Waals surface area contributed by atoms with Crippen molar-refractivity contribution in [3.05, 3.63) is 53.7 Å². The number of pyridine rings is 1. The van der Waals surface area contributed by atoms with Crippen molar-refractivity contribution in [2.24, 2.45) is 0 Å². The van der Waals surface area contributed by atoms with Crippen molar-refractivity contribution in [3.63, 3.8) is 0 Å². The summed E-state index contributed by atoms with van der Waals surface area (Å²) < 4.78 is 63.6. The fourth-order valence-electron chi connectivity index (χ4n) is 1.41. The van der Waals surface area contributed by atoms with Gasteiger partial charge < -0.3 is 5.32 Å². The maximum atomic E-state index is 13.4. The van der Waals surface area contributed by atoms with E-state index in [1.807, 2.05) is 0 Å². The molecule has 0 saturated carbocycles. The third kappa shape index (κ3) is 3.18. The molecular weight excluding hydrogens is 267 g/mol. The predicted octanol–water partition coefficient (Wildman–Crippen LogP) is 4.12. The second kappa shape index (κ2) is 4.83. The zero-order valence-electron chi connectivity index (χ0n) is 9.30. The van der Waals surface area contributed by atoms with E-state index >= 15 is 0 Å². The second-order valence-corrected chi connectivity index (χ2v) is 3.66. The van der Waals surface area contributed by atoms with Crippen molar-refractivity contribution >= 4 is 11.5 Å². The normalized spacial score (nSPS) is 11.4. The van der Waals surface area contributed by atoms with Crippen LogP contribution in [0.25, 0.3) is 0 Å². The van der Waals surface area contributed by atoms with Gasteiger partial charge in [-0.05, 0) is 30.3 Å². The Morgan fingerprint density at radius 3 is 2.37 bits per heavy atom. The Bertz CT molecular complexity index is 595. The summed E-state index contributed by atoms with van der Waals surface area (Å²) in [6.45, 7) is 0. The van der Waals surface area contributed by atoms with Gasteiger partial charge in [0.2, 0.25) is 5.95 Å². The first kappa shape index (κ1) is 13.3. The lowest BCUT2D eigenvalue weighted by molar-refractivity contribution is -0.137. The lowest BCUT2D eigenvalue weighted by Crippen LogP contribution is -2.06.